The van der Waals surface area contributed by atoms with Crippen molar-refractivity contribution in [1.82, 2.24) is 10.2 Å². The van der Waals surface area contributed by atoms with E-state index in [0.29, 0.717) is 12.1 Å². The summed E-state index contributed by atoms with van der Waals surface area (Å²) in [7, 11) is 2.00. The Morgan fingerprint density at radius 3 is 2.92 bits per heavy atom. The largest absolute Gasteiger partial charge is 0.378 e. The first kappa shape index (κ1) is 11.0. The van der Waals surface area contributed by atoms with Crippen LogP contribution in [0.1, 0.15) is 20.3 Å². The van der Waals surface area contributed by atoms with Gasteiger partial charge in [-0.2, -0.15) is 0 Å². The van der Waals surface area contributed by atoms with Crippen LogP contribution in [-0.4, -0.2) is 50.3 Å². The molecule has 3 heteroatoms. The van der Waals surface area contributed by atoms with Crippen LogP contribution in [0, 0.1) is 0 Å². The zero-order chi connectivity index (χ0) is 9.68. The molecular formula is C10H22N2O. The summed E-state index contributed by atoms with van der Waals surface area (Å²) >= 11 is 0. The highest BCUT2D eigenvalue weighted by Gasteiger charge is 2.24. The maximum absolute atomic E-state index is 5.49. The number of hydrogen-bond acceptors (Lipinski definition) is 3. The van der Waals surface area contributed by atoms with Gasteiger partial charge in [0.1, 0.15) is 0 Å². The first-order chi connectivity index (χ1) is 6.25. The van der Waals surface area contributed by atoms with E-state index < -0.39 is 0 Å². The third-order valence-corrected chi connectivity index (χ3v) is 2.66. The Hall–Kier alpha value is -0.120. The Bertz CT molecular complexity index is 139. The number of hydrogen-bond donors (Lipinski definition) is 1. The van der Waals surface area contributed by atoms with E-state index in [1.54, 1.807) is 0 Å². The topological polar surface area (TPSA) is 24.5 Å². The van der Waals surface area contributed by atoms with E-state index in [9.17, 15) is 0 Å². The van der Waals surface area contributed by atoms with Crippen LogP contribution in [0.5, 0.6) is 0 Å². The number of nitrogens with one attached hydrogen (secondary N) is 1. The van der Waals surface area contributed by atoms with Gasteiger partial charge in [0.2, 0.25) is 0 Å². The van der Waals surface area contributed by atoms with Crippen LogP contribution in [0.25, 0.3) is 0 Å². The van der Waals surface area contributed by atoms with Crippen molar-refractivity contribution in [3.63, 3.8) is 0 Å². The Balaban J connectivity index is 2.37. The van der Waals surface area contributed by atoms with Crippen molar-refractivity contribution in [2.75, 3.05) is 33.4 Å². The Morgan fingerprint density at radius 1 is 1.54 bits per heavy atom. The van der Waals surface area contributed by atoms with Crippen molar-refractivity contribution in [3.05, 3.63) is 0 Å². The van der Waals surface area contributed by atoms with E-state index in [0.717, 1.165) is 26.3 Å². The fraction of sp³-hybridized carbons (Fsp3) is 1.00. The van der Waals surface area contributed by atoms with Crippen molar-refractivity contribution in [3.8, 4) is 0 Å². The molecule has 0 bridgehead atoms. The molecule has 1 saturated heterocycles. The molecule has 1 aliphatic rings. The average molecular weight is 186 g/mol. The lowest BCUT2D eigenvalue weighted by Gasteiger charge is -2.38. The minimum atomic E-state index is 0.612. The van der Waals surface area contributed by atoms with Crippen molar-refractivity contribution in [1.29, 1.82) is 0 Å². The summed E-state index contributed by atoms with van der Waals surface area (Å²) in [6, 6.07) is 1.26. The quantitative estimate of drug-likeness (QED) is 0.699. The van der Waals surface area contributed by atoms with Gasteiger partial charge in [0.15, 0.2) is 0 Å². The summed E-state index contributed by atoms with van der Waals surface area (Å²) < 4.78 is 5.49. The van der Waals surface area contributed by atoms with Crippen molar-refractivity contribution < 1.29 is 4.74 Å². The lowest BCUT2D eigenvalue weighted by Crippen LogP contribution is -2.49. The molecule has 1 unspecified atom stereocenters. The fourth-order valence-corrected chi connectivity index (χ4v) is 1.91. The minimum Gasteiger partial charge on any atom is -0.378 e. The molecule has 0 amide bonds. The number of rotatable bonds is 4. The molecule has 0 aromatic carbocycles. The zero-order valence-electron chi connectivity index (χ0n) is 9.05. The molecule has 3 nitrogen and oxygen atoms in total. The van der Waals surface area contributed by atoms with Gasteiger partial charge in [-0.25, -0.2) is 0 Å². The van der Waals surface area contributed by atoms with Gasteiger partial charge in [0, 0.05) is 18.6 Å². The summed E-state index contributed by atoms with van der Waals surface area (Å²) in [5, 5.41) is 3.19. The molecule has 0 spiro atoms. The highest BCUT2D eigenvalue weighted by molar-refractivity contribution is 4.78. The Morgan fingerprint density at radius 2 is 2.31 bits per heavy atom. The van der Waals surface area contributed by atoms with Crippen LogP contribution in [0.4, 0.5) is 0 Å². The average Bonchev–Trinajstić information content (AvgIpc) is 2.15. The molecule has 1 rings (SSSR count). The molecule has 78 valence electrons. The molecule has 0 radical (unpaired) electrons. The van der Waals surface area contributed by atoms with Crippen LogP contribution in [0.15, 0.2) is 0 Å². The van der Waals surface area contributed by atoms with Gasteiger partial charge in [-0.3, -0.25) is 4.90 Å². The number of ether oxygens (including phenoxy) is 1. The Kier molecular flexibility index (Phi) is 4.70. The van der Waals surface area contributed by atoms with E-state index in [2.05, 4.69) is 24.1 Å². The van der Waals surface area contributed by atoms with Gasteiger partial charge in [-0.1, -0.05) is 0 Å². The van der Waals surface area contributed by atoms with E-state index in [-0.39, 0.29) is 0 Å². The number of morpholine rings is 1. The maximum atomic E-state index is 5.49. The molecular weight excluding hydrogens is 164 g/mol. The molecule has 1 heterocycles. The van der Waals surface area contributed by atoms with Crippen LogP contribution in [-0.2, 0) is 4.74 Å². The predicted molar refractivity (Wildman–Crippen MR) is 55.0 cm³/mol. The zero-order valence-corrected chi connectivity index (χ0v) is 9.05. The first-order valence-corrected chi connectivity index (χ1v) is 5.23. The lowest BCUT2D eigenvalue weighted by atomic mass is 10.1. The summed E-state index contributed by atoms with van der Waals surface area (Å²) in [6.07, 6.45) is 1.19. The maximum Gasteiger partial charge on any atom is 0.0623 e. The van der Waals surface area contributed by atoms with Gasteiger partial charge in [0.25, 0.3) is 0 Å². The van der Waals surface area contributed by atoms with Crippen molar-refractivity contribution in [2.24, 2.45) is 0 Å². The highest BCUT2D eigenvalue weighted by Crippen LogP contribution is 2.13. The monoisotopic (exact) mass is 186 g/mol. The molecule has 0 aliphatic carbocycles. The molecule has 0 saturated carbocycles. The van der Waals surface area contributed by atoms with Crippen LogP contribution in [0.3, 0.4) is 0 Å². The van der Waals surface area contributed by atoms with Crippen LogP contribution in [0.2, 0.25) is 0 Å². The van der Waals surface area contributed by atoms with Crippen molar-refractivity contribution >= 4 is 0 Å². The third kappa shape index (κ3) is 3.25. The van der Waals surface area contributed by atoms with Gasteiger partial charge in [-0.15, -0.1) is 0 Å². The highest BCUT2D eigenvalue weighted by atomic mass is 16.5. The van der Waals surface area contributed by atoms with Gasteiger partial charge in [0.05, 0.1) is 13.2 Å². The normalized spacial score (nSPS) is 25.4. The third-order valence-electron chi connectivity index (χ3n) is 2.66. The lowest BCUT2D eigenvalue weighted by molar-refractivity contribution is -0.0245. The smallest absolute Gasteiger partial charge is 0.0623 e. The standard InChI is InChI=1S/C10H22N2O/c1-9(2)12-6-7-13-8-10(12)4-5-11-3/h9-11H,4-8H2,1-3H3. The molecule has 1 N–H and O–H groups in total. The van der Waals surface area contributed by atoms with Crippen LogP contribution >= 0.6 is 0 Å². The molecule has 1 aliphatic heterocycles. The molecule has 0 aromatic heterocycles. The Labute approximate surface area is 81.4 Å². The summed E-state index contributed by atoms with van der Waals surface area (Å²) in [4.78, 5) is 2.54. The van der Waals surface area contributed by atoms with E-state index in [1.807, 2.05) is 7.05 Å². The van der Waals surface area contributed by atoms with Crippen molar-refractivity contribution in [2.45, 2.75) is 32.4 Å². The molecule has 1 atom stereocenters. The van der Waals surface area contributed by atoms with Crippen LogP contribution < -0.4 is 5.32 Å². The minimum absolute atomic E-state index is 0.612. The summed E-state index contributed by atoms with van der Waals surface area (Å²) in [5.74, 6) is 0. The van der Waals surface area contributed by atoms with E-state index in [4.69, 9.17) is 4.74 Å². The number of nitrogens with zero attached hydrogens (tertiary/aromatic N) is 1. The van der Waals surface area contributed by atoms with Gasteiger partial charge in [-0.05, 0) is 33.9 Å². The van der Waals surface area contributed by atoms with Gasteiger partial charge < -0.3 is 10.1 Å². The second-order valence-corrected chi connectivity index (χ2v) is 3.95. The summed E-state index contributed by atoms with van der Waals surface area (Å²) in [5.41, 5.74) is 0. The molecule has 1 fully saturated rings. The molecule has 13 heavy (non-hydrogen) atoms. The van der Waals surface area contributed by atoms with E-state index in [1.165, 1.54) is 6.42 Å². The molecule has 0 aromatic rings. The first-order valence-electron chi connectivity index (χ1n) is 5.23. The second kappa shape index (κ2) is 5.58. The summed E-state index contributed by atoms with van der Waals surface area (Å²) in [6.45, 7) is 8.49. The van der Waals surface area contributed by atoms with Gasteiger partial charge >= 0.3 is 0 Å². The SMILES string of the molecule is CNCCC1COCCN1C(C)C. The fourth-order valence-electron chi connectivity index (χ4n) is 1.91. The predicted octanol–water partition coefficient (Wildman–Crippen LogP) is 0.705. The second-order valence-electron chi connectivity index (χ2n) is 3.95. The van der Waals surface area contributed by atoms with E-state index >= 15 is 0 Å².